The van der Waals surface area contributed by atoms with Crippen LogP contribution in [0.2, 0.25) is 0 Å². The fraction of sp³-hybridized carbons (Fsp3) is 0.286. The summed E-state index contributed by atoms with van der Waals surface area (Å²) in [6.45, 7) is 5.50. The van der Waals surface area contributed by atoms with E-state index in [9.17, 15) is 23.5 Å². The number of carboxylic acids is 1. The Morgan fingerprint density at radius 2 is 2.03 bits per heavy atom. The zero-order valence-electron chi connectivity index (χ0n) is 16.9. The number of halogens is 2. The first kappa shape index (κ1) is 21.3. The molecule has 0 spiro atoms. The Morgan fingerprint density at radius 3 is 2.72 bits per heavy atom. The molecule has 0 unspecified atom stereocenters. The molecule has 2 aliphatic heterocycles. The molecule has 3 heterocycles. The number of nitrogens with zero attached hydrogens (tertiary/aromatic N) is 2. The summed E-state index contributed by atoms with van der Waals surface area (Å²) in [5, 5.41) is 12.3. The molecule has 32 heavy (non-hydrogen) atoms. The minimum Gasteiger partial charge on any atom is -0.480 e. The van der Waals surface area contributed by atoms with Crippen molar-refractivity contribution in [3.05, 3.63) is 59.9 Å². The zero-order chi connectivity index (χ0) is 23.2. The van der Waals surface area contributed by atoms with E-state index in [0.717, 1.165) is 10.5 Å². The van der Waals surface area contributed by atoms with Gasteiger partial charge in [0, 0.05) is 17.8 Å². The Kier molecular flexibility index (Phi) is 5.11. The minimum absolute atomic E-state index is 0.112. The van der Waals surface area contributed by atoms with Crippen molar-refractivity contribution in [2.75, 3.05) is 5.73 Å². The number of hydrogen-bond donors (Lipinski definition) is 3. The monoisotopic (exact) mass is 446 g/mol. The normalized spacial score (nSPS) is 21.6. The lowest BCUT2D eigenvalue weighted by Gasteiger charge is -2.47. The number of pyridine rings is 1. The standard InChI is InChI=1S/C21H20F2N4O5/c1-10(13-3-4-15-16(9-13)32-21(22,23)31-15)26-20(30)27-11(2)14(18(27)19(28)29)7-12-5-6-25-17(24)8-12/h3-6,8-10,14,18H,2,7H2,1H3,(H2,24,25)(H,26,30)(H,28,29)/t10-,14-,18-/m0/s1. The van der Waals surface area contributed by atoms with Gasteiger partial charge in [-0.2, -0.15) is 0 Å². The van der Waals surface area contributed by atoms with Crippen LogP contribution in [-0.4, -0.2) is 39.3 Å². The van der Waals surface area contributed by atoms with E-state index in [1.807, 2.05) is 0 Å². The minimum atomic E-state index is -3.74. The zero-order valence-corrected chi connectivity index (χ0v) is 16.9. The number of amides is 2. The van der Waals surface area contributed by atoms with Crippen molar-refractivity contribution in [2.24, 2.45) is 5.92 Å². The van der Waals surface area contributed by atoms with Crippen molar-refractivity contribution < 1.29 is 33.0 Å². The van der Waals surface area contributed by atoms with Gasteiger partial charge in [0.05, 0.1) is 6.04 Å². The summed E-state index contributed by atoms with van der Waals surface area (Å²) in [5.74, 6) is -1.62. The lowest BCUT2D eigenvalue weighted by atomic mass is 9.80. The van der Waals surface area contributed by atoms with Crippen LogP contribution in [-0.2, 0) is 11.2 Å². The number of fused-ring (bicyclic) bond motifs is 1. The number of nitrogens with one attached hydrogen (secondary N) is 1. The molecule has 0 bridgehead atoms. The summed E-state index contributed by atoms with van der Waals surface area (Å²) >= 11 is 0. The van der Waals surface area contributed by atoms with E-state index in [4.69, 9.17) is 5.73 Å². The third-order valence-electron chi connectivity index (χ3n) is 5.43. The number of rotatable bonds is 5. The van der Waals surface area contributed by atoms with Gasteiger partial charge >= 0.3 is 18.3 Å². The number of hydrogen-bond acceptors (Lipinski definition) is 6. The molecule has 3 atom stereocenters. The smallest absolute Gasteiger partial charge is 0.480 e. The van der Waals surface area contributed by atoms with Gasteiger partial charge in [-0.3, -0.25) is 4.90 Å². The highest BCUT2D eigenvalue weighted by molar-refractivity contribution is 5.88. The number of nitrogens with two attached hydrogens (primary N) is 1. The molecule has 2 amide bonds. The number of carbonyl (C=O) groups excluding carboxylic acids is 1. The van der Waals surface area contributed by atoms with E-state index in [1.165, 1.54) is 24.4 Å². The summed E-state index contributed by atoms with van der Waals surface area (Å²) in [5.41, 5.74) is 7.28. The van der Waals surface area contributed by atoms with E-state index in [-0.39, 0.29) is 11.5 Å². The molecule has 0 radical (unpaired) electrons. The van der Waals surface area contributed by atoms with Crippen molar-refractivity contribution in [3.63, 3.8) is 0 Å². The van der Waals surface area contributed by atoms with Crippen LogP contribution >= 0.6 is 0 Å². The van der Waals surface area contributed by atoms with Gasteiger partial charge in [-0.15, -0.1) is 8.78 Å². The number of ether oxygens (including phenoxy) is 2. The Hall–Kier alpha value is -3.89. The number of nitrogen functional groups attached to an aromatic ring is 1. The van der Waals surface area contributed by atoms with Crippen LogP contribution in [0.15, 0.2) is 48.8 Å². The molecule has 0 aliphatic carbocycles. The predicted molar refractivity (Wildman–Crippen MR) is 108 cm³/mol. The Balaban J connectivity index is 1.45. The SMILES string of the molecule is C=C1[C@H](Cc2ccnc(N)c2)[C@@H](C(=O)O)N1C(=O)N[C@@H](C)c1ccc2c(c1)OC(F)(F)O2. The van der Waals surface area contributed by atoms with Crippen LogP contribution in [0.25, 0.3) is 0 Å². The molecule has 9 nitrogen and oxygen atoms in total. The van der Waals surface area contributed by atoms with E-state index >= 15 is 0 Å². The molecule has 4 rings (SSSR count). The number of carbonyl (C=O) groups is 2. The van der Waals surface area contributed by atoms with Gasteiger partial charge in [0.25, 0.3) is 0 Å². The Morgan fingerprint density at radius 1 is 1.31 bits per heavy atom. The molecule has 4 N–H and O–H groups in total. The summed E-state index contributed by atoms with van der Waals surface area (Å²) < 4.78 is 35.2. The van der Waals surface area contributed by atoms with Gasteiger partial charge in [-0.05, 0) is 48.7 Å². The number of carboxylic acid groups (broad SMARTS) is 1. The molecule has 1 aromatic carbocycles. The second-order valence-corrected chi connectivity index (χ2v) is 7.59. The highest BCUT2D eigenvalue weighted by Gasteiger charge is 2.50. The van der Waals surface area contributed by atoms with Crippen molar-refractivity contribution in [2.45, 2.75) is 31.7 Å². The molecular weight excluding hydrogens is 426 g/mol. The maximum Gasteiger partial charge on any atom is 0.586 e. The highest BCUT2D eigenvalue weighted by atomic mass is 19.3. The first-order chi connectivity index (χ1) is 15.1. The number of anilines is 1. The number of aliphatic carboxylic acids is 1. The third-order valence-corrected chi connectivity index (χ3v) is 5.43. The molecule has 1 aromatic heterocycles. The van der Waals surface area contributed by atoms with Gasteiger partial charge < -0.3 is 25.6 Å². The van der Waals surface area contributed by atoms with E-state index in [2.05, 4.69) is 26.4 Å². The fourth-order valence-electron chi connectivity index (χ4n) is 3.85. The van der Waals surface area contributed by atoms with Crippen LogP contribution in [0.5, 0.6) is 11.5 Å². The maximum absolute atomic E-state index is 13.2. The molecule has 2 aliphatic rings. The van der Waals surface area contributed by atoms with Crippen LogP contribution in [0, 0.1) is 5.92 Å². The number of benzene rings is 1. The predicted octanol–water partition coefficient (Wildman–Crippen LogP) is 2.90. The lowest BCUT2D eigenvalue weighted by molar-refractivity contribution is -0.286. The molecule has 1 saturated heterocycles. The Bertz CT molecular complexity index is 1110. The van der Waals surface area contributed by atoms with Crippen LogP contribution < -0.4 is 20.5 Å². The molecule has 11 heteroatoms. The van der Waals surface area contributed by atoms with Gasteiger partial charge in [0.15, 0.2) is 11.5 Å². The average Bonchev–Trinajstić information content (AvgIpc) is 3.02. The Labute approximate surface area is 181 Å². The van der Waals surface area contributed by atoms with E-state index in [1.54, 1.807) is 19.1 Å². The highest BCUT2D eigenvalue weighted by Crippen LogP contribution is 2.42. The largest absolute Gasteiger partial charge is 0.586 e. The quantitative estimate of drug-likeness (QED) is 0.645. The fourth-order valence-corrected chi connectivity index (χ4v) is 3.85. The van der Waals surface area contributed by atoms with Crippen LogP contribution in [0.4, 0.5) is 19.4 Å². The maximum atomic E-state index is 13.2. The third kappa shape index (κ3) is 3.88. The van der Waals surface area contributed by atoms with Crippen LogP contribution in [0.3, 0.4) is 0 Å². The summed E-state index contributed by atoms with van der Waals surface area (Å²) in [6.07, 6.45) is -1.89. The average molecular weight is 446 g/mol. The second-order valence-electron chi connectivity index (χ2n) is 7.59. The van der Waals surface area contributed by atoms with Gasteiger partial charge in [0.2, 0.25) is 0 Å². The lowest BCUT2D eigenvalue weighted by Crippen LogP contribution is -2.63. The van der Waals surface area contributed by atoms with E-state index < -0.39 is 36.3 Å². The van der Waals surface area contributed by atoms with Gasteiger partial charge in [0.1, 0.15) is 11.9 Å². The summed E-state index contributed by atoms with van der Waals surface area (Å²) in [4.78, 5) is 29.6. The number of alkyl halides is 2. The number of urea groups is 1. The molecular formula is C21H20F2N4O5. The van der Waals surface area contributed by atoms with Crippen molar-refractivity contribution in [3.8, 4) is 11.5 Å². The van der Waals surface area contributed by atoms with E-state index in [0.29, 0.717) is 23.5 Å². The van der Waals surface area contributed by atoms with Gasteiger partial charge in [-0.25, -0.2) is 14.6 Å². The summed E-state index contributed by atoms with van der Waals surface area (Å²) in [6, 6.07) is 5.10. The molecule has 168 valence electrons. The van der Waals surface area contributed by atoms with Crippen molar-refractivity contribution >= 4 is 17.8 Å². The van der Waals surface area contributed by atoms with Crippen molar-refractivity contribution in [1.82, 2.24) is 15.2 Å². The number of likely N-dealkylation sites (tertiary alicyclic amines) is 1. The summed E-state index contributed by atoms with van der Waals surface area (Å²) in [7, 11) is 0. The molecule has 2 aromatic rings. The molecule has 0 saturated carbocycles. The van der Waals surface area contributed by atoms with Gasteiger partial charge in [-0.1, -0.05) is 12.6 Å². The topological polar surface area (TPSA) is 127 Å². The number of aromatic nitrogens is 1. The first-order valence-electron chi connectivity index (χ1n) is 9.67. The van der Waals surface area contributed by atoms with Crippen molar-refractivity contribution in [1.29, 1.82) is 0 Å². The first-order valence-corrected chi connectivity index (χ1v) is 9.67. The second kappa shape index (κ2) is 7.66. The van der Waals surface area contributed by atoms with Crippen LogP contribution in [0.1, 0.15) is 24.1 Å². The molecule has 1 fully saturated rings.